The maximum absolute atomic E-state index is 6.08. The van der Waals surface area contributed by atoms with E-state index in [0.717, 1.165) is 17.3 Å². The topological polar surface area (TPSA) is 21.3 Å². The Bertz CT molecular complexity index is 386. The van der Waals surface area contributed by atoms with E-state index in [-0.39, 0.29) is 0 Å². The summed E-state index contributed by atoms with van der Waals surface area (Å²) in [7, 11) is 0. The third-order valence-electron chi connectivity index (χ3n) is 3.76. The van der Waals surface area contributed by atoms with Crippen LogP contribution in [0.3, 0.4) is 0 Å². The summed E-state index contributed by atoms with van der Waals surface area (Å²) in [5.74, 6) is 0.952. The molecular weight excluding hydrogens is 258 g/mol. The van der Waals surface area contributed by atoms with Gasteiger partial charge in [-0.1, -0.05) is 37.3 Å². The van der Waals surface area contributed by atoms with E-state index in [9.17, 15) is 0 Å². The fraction of sp³-hybridized carbons (Fsp3) is 0.625. The molecule has 1 fully saturated rings. The zero-order valence-corrected chi connectivity index (χ0v) is 12.5. The third-order valence-corrected chi connectivity index (χ3v) is 3.99. The van der Waals surface area contributed by atoms with Crippen molar-refractivity contribution in [2.24, 2.45) is 0 Å². The lowest BCUT2D eigenvalue weighted by molar-refractivity contribution is 0.334. The Hall–Kier alpha value is -0.730. The number of hydrogen-bond donors (Lipinski definition) is 1. The van der Waals surface area contributed by atoms with Crippen molar-refractivity contribution in [2.75, 3.05) is 6.61 Å². The van der Waals surface area contributed by atoms with Gasteiger partial charge in [-0.2, -0.15) is 0 Å². The van der Waals surface area contributed by atoms with Crippen LogP contribution in [0.2, 0.25) is 5.02 Å². The minimum Gasteiger partial charge on any atom is -0.494 e. The second-order valence-electron chi connectivity index (χ2n) is 5.25. The first-order valence-electron chi connectivity index (χ1n) is 7.44. The van der Waals surface area contributed by atoms with Crippen LogP contribution >= 0.6 is 11.6 Å². The van der Waals surface area contributed by atoms with Crippen LogP contribution in [0, 0.1) is 0 Å². The molecule has 1 aromatic carbocycles. The Kier molecular flexibility index (Phi) is 5.99. The van der Waals surface area contributed by atoms with Gasteiger partial charge >= 0.3 is 0 Å². The predicted octanol–water partition coefficient (Wildman–Crippen LogP) is 4.55. The fourth-order valence-electron chi connectivity index (χ4n) is 2.72. The Morgan fingerprint density at radius 3 is 2.63 bits per heavy atom. The van der Waals surface area contributed by atoms with Gasteiger partial charge in [0.25, 0.3) is 0 Å². The summed E-state index contributed by atoms with van der Waals surface area (Å²) in [6.45, 7) is 3.55. The van der Waals surface area contributed by atoms with Crippen molar-refractivity contribution in [1.82, 2.24) is 5.32 Å². The van der Waals surface area contributed by atoms with Gasteiger partial charge < -0.3 is 10.1 Å². The van der Waals surface area contributed by atoms with E-state index >= 15 is 0 Å². The second kappa shape index (κ2) is 7.76. The highest BCUT2D eigenvalue weighted by molar-refractivity contribution is 6.30. The number of rotatable bonds is 5. The Morgan fingerprint density at radius 1 is 1.21 bits per heavy atom. The number of hydrogen-bond acceptors (Lipinski definition) is 2. The molecule has 3 heteroatoms. The standard InChI is InChI=1S/C16H24ClNO/c1-2-19-16-10-9-14(17)11-13(16)12-18-15-7-5-3-4-6-8-15/h9-11,15,18H,2-8,12H2,1H3. The smallest absolute Gasteiger partial charge is 0.123 e. The van der Waals surface area contributed by atoms with Gasteiger partial charge in [0.2, 0.25) is 0 Å². The minimum atomic E-state index is 0.649. The first-order valence-corrected chi connectivity index (χ1v) is 7.82. The van der Waals surface area contributed by atoms with E-state index in [4.69, 9.17) is 16.3 Å². The molecule has 1 N–H and O–H groups in total. The van der Waals surface area contributed by atoms with E-state index in [0.29, 0.717) is 12.6 Å². The Balaban J connectivity index is 1.95. The van der Waals surface area contributed by atoms with Crippen molar-refractivity contribution >= 4 is 11.6 Å². The summed E-state index contributed by atoms with van der Waals surface area (Å²) in [5, 5.41) is 4.44. The molecule has 0 heterocycles. The maximum Gasteiger partial charge on any atom is 0.123 e. The second-order valence-corrected chi connectivity index (χ2v) is 5.69. The SMILES string of the molecule is CCOc1ccc(Cl)cc1CNC1CCCCCC1. The number of halogens is 1. The van der Waals surface area contributed by atoms with E-state index in [1.807, 2.05) is 25.1 Å². The fourth-order valence-corrected chi connectivity index (χ4v) is 2.91. The molecule has 1 aliphatic carbocycles. The van der Waals surface area contributed by atoms with Crippen LogP contribution in [0.25, 0.3) is 0 Å². The monoisotopic (exact) mass is 281 g/mol. The molecule has 0 aliphatic heterocycles. The normalized spacial score (nSPS) is 17.2. The molecule has 19 heavy (non-hydrogen) atoms. The van der Waals surface area contributed by atoms with Crippen molar-refractivity contribution in [2.45, 2.75) is 58.0 Å². The van der Waals surface area contributed by atoms with Gasteiger partial charge in [-0.3, -0.25) is 0 Å². The van der Waals surface area contributed by atoms with Gasteiger partial charge in [-0.05, 0) is 38.0 Å². The molecule has 1 saturated carbocycles. The highest BCUT2D eigenvalue weighted by Crippen LogP contribution is 2.24. The van der Waals surface area contributed by atoms with Crippen LogP contribution < -0.4 is 10.1 Å². The van der Waals surface area contributed by atoms with Crippen LogP contribution in [-0.2, 0) is 6.54 Å². The molecule has 0 amide bonds. The van der Waals surface area contributed by atoms with Crippen molar-refractivity contribution in [1.29, 1.82) is 0 Å². The van der Waals surface area contributed by atoms with E-state index < -0.39 is 0 Å². The highest BCUT2D eigenvalue weighted by Gasteiger charge is 2.12. The zero-order valence-electron chi connectivity index (χ0n) is 11.8. The zero-order chi connectivity index (χ0) is 13.5. The van der Waals surface area contributed by atoms with Gasteiger partial charge in [0, 0.05) is 23.2 Å². The van der Waals surface area contributed by atoms with Crippen LogP contribution in [0.5, 0.6) is 5.75 Å². The summed E-state index contributed by atoms with van der Waals surface area (Å²) in [6.07, 6.45) is 8.07. The van der Waals surface area contributed by atoms with Crippen LogP contribution in [0.4, 0.5) is 0 Å². The number of benzene rings is 1. The number of nitrogens with one attached hydrogen (secondary N) is 1. The van der Waals surface area contributed by atoms with Crippen LogP contribution in [0.15, 0.2) is 18.2 Å². The molecule has 106 valence electrons. The highest BCUT2D eigenvalue weighted by atomic mass is 35.5. The molecule has 0 atom stereocenters. The quantitative estimate of drug-likeness (QED) is 0.800. The Morgan fingerprint density at radius 2 is 1.95 bits per heavy atom. The third kappa shape index (κ3) is 4.70. The van der Waals surface area contributed by atoms with Gasteiger partial charge in [-0.15, -0.1) is 0 Å². The summed E-state index contributed by atoms with van der Waals surface area (Å²) in [4.78, 5) is 0. The number of ether oxygens (including phenoxy) is 1. The molecule has 2 nitrogen and oxygen atoms in total. The lowest BCUT2D eigenvalue weighted by atomic mass is 10.1. The molecule has 1 aliphatic rings. The summed E-state index contributed by atoms with van der Waals surface area (Å²) < 4.78 is 5.66. The summed E-state index contributed by atoms with van der Waals surface area (Å²) in [6, 6.07) is 6.52. The van der Waals surface area contributed by atoms with Crippen LogP contribution in [0.1, 0.15) is 51.0 Å². The maximum atomic E-state index is 6.08. The molecule has 0 spiro atoms. The first kappa shape index (κ1) is 14.7. The van der Waals surface area contributed by atoms with Gasteiger partial charge in [0.05, 0.1) is 6.61 Å². The van der Waals surface area contributed by atoms with Crippen molar-refractivity contribution < 1.29 is 4.74 Å². The summed E-state index contributed by atoms with van der Waals surface area (Å²) >= 11 is 6.08. The molecule has 0 unspecified atom stereocenters. The van der Waals surface area contributed by atoms with E-state index in [2.05, 4.69) is 5.32 Å². The molecule has 0 aromatic heterocycles. The predicted molar refractivity (Wildman–Crippen MR) is 81.0 cm³/mol. The largest absolute Gasteiger partial charge is 0.494 e. The van der Waals surface area contributed by atoms with Gasteiger partial charge in [0.15, 0.2) is 0 Å². The molecule has 2 rings (SSSR count). The average molecular weight is 282 g/mol. The molecule has 0 saturated heterocycles. The molecular formula is C16H24ClNO. The van der Waals surface area contributed by atoms with Gasteiger partial charge in [-0.25, -0.2) is 0 Å². The summed E-state index contributed by atoms with van der Waals surface area (Å²) in [5.41, 5.74) is 1.17. The first-order chi connectivity index (χ1) is 9.29. The van der Waals surface area contributed by atoms with Crippen molar-refractivity contribution in [3.63, 3.8) is 0 Å². The average Bonchev–Trinajstić information content (AvgIpc) is 2.68. The van der Waals surface area contributed by atoms with Crippen molar-refractivity contribution in [3.8, 4) is 5.75 Å². The molecule has 1 aromatic rings. The lowest BCUT2D eigenvalue weighted by Crippen LogP contribution is -2.28. The van der Waals surface area contributed by atoms with Gasteiger partial charge in [0.1, 0.15) is 5.75 Å². The minimum absolute atomic E-state index is 0.649. The Labute approximate surface area is 121 Å². The molecule has 0 bridgehead atoms. The van der Waals surface area contributed by atoms with E-state index in [1.54, 1.807) is 0 Å². The van der Waals surface area contributed by atoms with E-state index in [1.165, 1.54) is 44.1 Å². The lowest BCUT2D eigenvalue weighted by Gasteiger charge is -2.18. The van der Waals surface area contributed by atoms with Crippen molar-refractivity contribution in [3.05, 3.63) is 28.8 Å². The van der Waals surface area contributed by atoms with Crippen LogP contribution in [-0.4, -0.2) is 12.6 Å². The molecule has 0 radical (unpaired) electrons.